The van der Waals surface area contributed by atoms with E-state index in [1.807, 2.05) is 83.8 Å². The first kappa shape index (κ1) is 55.6. The normalized spacial score (nSPS) is 15.9. The van der Waals surface area contributed by atoms with Crippen LogP contribution in [0, 0.1) is 23.7 Å². The first-order valence-corrected chi connectivity index (χ1v) is 30.3. The van der Waals surface area contributed by atoms with Gasteiger partial charge in [-0.25, -0.2) is 44.3 Å². The number of nitrogens with one attached hydrogen (secondary N) is 5. The summed E-state index contributed by atoms with van der Waals surface area (Å²) in [4.78, 5) is 74.6. The van der Waals surface area contributed by atoms with Gasteiger partial charge in [0.1, 0.15) is 51.2 Å². The van der Waals surface area contributed by atoms with Gasteiger partial charge in [0.2, 0.25) is 28.0 Å². The molecule has 80 heavy (non-hydrogen) atoms. The Bertz CT molecular complexity index is 3450. The number of carbonyl (C=O) groups excluding carboxylic acids is 3. The summed E-state index contributed by atoms with van der Waals surface area (Å²) in [7, 11) is 0. The molecule has 0 spiro atoms. The summed E-state index contributed by atoms with van der Waals surface area (Å²) in [6.07, 6.45) is 10.8. The summed E-state index contributed by atoms with van der Waals surface area (Å²) in [5.41, 5.74) is 1.27. The van der Waals surface area contributed by atoms with Crippen LogP contribution in [-0.4, -0.2) is 85.1 Å². The zero-order valence-electron chi connectivity index (χ0n) is 41.9. The lowest BCUT2D eigenvalue weighted by Gasteiger charge is -2.45. The summed E-state index contributed by atoms with van der Waals surface area (Å²) in [6.45, 7) is 0.735. The number of alkyl halides is 1. The Morgan fingerprint density at radius 1 is 0.512 bits per heavy atom. The molecule has 8 aromatic rings. The van der Waals surface area contributed by atoms with Gasteiger partial charge in [0.15, 0.2) is 15.5 Å². The molecule has 0 radical (unpaired) electrons. The number of hydrogen-bond donors (Lipinski definition) is 5. The van der Waals surface area contributed by atoms with E-state index in [-0.39, 0.29) is 41.4 Å². The lowest BCUT2D eigenvalue weighted by Crippen LogP contribution is -2.60. The van der Waals surface area contributed by atoms with Crippen LogP contribution in [0.25, 0.3) is 0 Å². The molecule has 0 unspecified atom stereocenters. The van der Waals surface area contributed by atoms with Gasteiger partial charge in [-0.05, 0) is 165 Å². The van der Waals surface area contributed by atoms with Gasteiger partial charge < -0.3 is 31.5 Å². The van der Waals surface area contributed by atoms with Gasteiger partial charge >= 0.3 is 0 Å². The highest BCUT2D eigenvalue weighted by atomic mass is 35.5. The van der Waals surface area contributed by atoms with Crippen LogP contribution in [0.5, 0.6) is 0 Å². The quantitative estimate of drug-likeness (QED) is 0.0396. The zero-order chi connectivity index (χ0) is 55.2. The lowest BCUT2D eigenvalue weighted by molar-refractivity contribution is -0.118. The second kappa shape index (κ2) is 25.2. The molecule has 6 heterocycles. The van der Waals surface area contributed by atoms with E-state index in [4.69, 9.17) is 39.8 Å². The number of carbonyl (C=O) groups is 3. The van der Waals surface area contributed by atoms with Crippen LogP contribution in [0.3, 0.4) is 0 Å². The maximum Gasteiger partial charge on any atom is 0.227 e. The average molecular weight is 1230 g/mol. The van der Waals surface area contributed by atoms with Gasteiger partial charge in [-0.2, -0.15) is 8.75 Å². The molecule has 1 aliphatic heterocycles. The van der Waals surface area contributed by atoms with Crippen molar-refractivity contribution in [1.29, 1.82) is 0 Å². The number of anilines is 8. The molecule has 5 N–H and O–H groups in total. The van der Waals surface area contributed by atoms with Crippen molar-refractivity contribution in [2.45, 2.75) is 87.2 Å². The van der Waals surface area contributed by atoms with Crippen molar-refractivity contribution in [3.63, 3.8) is 0 Å². The molecule has 4 saturated carbocycles. The van der Waals surface area contributed by atoms with Crippen molar-refractivity contribution in [3.05, 3.63) is 119 Å². The molecule has 3 amide bonds. The van der Waals surface area contributed by atoms with E-state index in [1.54, 1.807) is 6.07 Å². The molecule has 13 rings (SSSR count). The van der Waals surface area contributed by atoms with E-state index in [2.05, 4.69) is 70.2 Å². The second-order valence-corrected chi connectivity index (χ2v) is 25.0. The predicted molar refractivity (Wildman–Crippen MR) is 312 cm³/mol. The molecule has 19 nitrogen and oxygen atoms in total. The van der Waals surface area contributed by atoms with Crippen molar-refractivity contribution in [3.8, 4) is 0 Å². The third-order valence-corrected chi connectivity index (χ3v) is 16.9. The molecule has 28 heteroatoms. The fraction of sp³-hybridized carbons (Fsp3) is 0.288. The van der Waals surface area contributed by atoms with Crippen LogP contribution < -0.4 is 31.5 Å². The van der Waals surface area contributed by atoms with Gasteiger partial charge in [-0.15, -0.1) is 0 Å². The van der Waals surface area contributed by atoms with Crippen LogP contribution in [-0.2, 0) is 14.4 Å². The van der Waals surface area contributed by atoms with Gasteiger partial charge in [0.25, 0.3) is 0 Å². The standard InChI is InChI=1S/C22H22FN7OS2.C16H13ClN6OS2.C14H11Cl2N3OS/c23-22(14-3-4-14)10-30(11-22)18-9-17(27-20-24-12-25-33-20)28-21(29-18)32-16-7-5-15(6-8-16)26-19(31)13-1-2-13;17-12-7-13(22-15-18-8-19-26-15)23-16(21-12)25-11-5-3-10(4-6-11)20-14(24)9-1-2-9;15-11-7-12(16)19-14(18-11)21-10-5-3-9(4-6-10)17-13(20)8-1-2-8/h5-9,12-14H,1-4,10-11H2,(H,26,31)(H,24,25,27,28,29);3-9H,1-2H2,(H,20,24)(H,18,19,21,22,23);3-8H,1-2H2,(H,17,20). The van der Waals surface area contributed by atoms with E-state index >= 15 is 0 Å². The minimum Gasteiger partial charge on any atom is -0.350 e. The van der Waals surface area contributed by atoms with Gasteiger partial charge in [-0.3, -0.25) is 14.4 Å². The Hall–Kier alpha value is -6.32. The summed E-state index contributed by atoms with van der Waals surface area (Å²) < 4.78 is 22.9. The largest absolute Gasteiger partial charge is 0.350 e. The summed E-state index contributed by atoms with van der Waals surface area (Å²) >= 11 is 24.4. The second-order valence-electron chi connectivity index (χ2n) is 19.1. The van der Waals surface area contributed by atoms with E-state index in [9.17, 15) is 18.8 Å². The molecule has 0 atom stereocenters. The smallest absolute Gasteiger partial charge is 0.227 e. The molecule has 3 aromatic carbocycles. The van der Waals surface area contributed by atoms with Gasteiger partial charge in [-0.1, -0.05) is 34.8 Å². The molecule has 0 bridgehead atoms. The first-order valence-electron chi connectivity index (χ1n) is 25.2. The number of aromatic nitrogens is 10. The average Bonchev–Trinajstić information content (AvgIpc) is 4.40. The molecule has 5 aliphatic rings. The number of rotatable bonds is 18. The fourth-order valence-corrected chi connectivity index (χ4v) is 11.7. The maximum absolute atomic E-state index is 14.9. The monoisotopic (exact) mass is 1230 g/mol. The van der Waals surface area contributed by atoms with Gasteiger partial charge in [0.05, 0.1) is 13.1 Å². The van der Waals surface area contributed by atoms with Crippen molar-refractivity contribution < 1.29 is 18.8 Å². The predicted octanol–water partition coefficient (Wildman–Crippen LogP) is 13.0. The van der Waals surface area contributed by atoms with E-state index in [1.165, 1.54) is 77.1 Å². The van der Waals surface area contributed by atoms with E-state index in [0.717, 1.165) is 83.1 Å². The van der Waals surface area contributed by atoms with Gasteiger partial charge in [0, 0.05) is 90.8 Å². The number of halogens is 4. The summed E-state index contributed by atoms with van der Waals surface area (Å²) in [5.74, 6) is 2.86. The molecule has 410 valence electrons. The molecule has 1 saturated heterocycles. The number of hydrogen-bond acceptors (Lipinski definition) is 21. The highest BCUT2D eigenvalue weighted by Crippen LogP contribution is 2.48. The van der Waals surface area contributed by atoms with Crippen molar-refractivity contribution >= 4 is 156 Å². The van der Waals surface area contributed by atoms with E-state index in [0.29, 0.717) is 71.7 Å². The fourth-order valence-electron chi connectivity index (χ4n) is 7.80. The third-order valence-electron chi connectivity index (χ3n) is 12.6. The maximum atomic E-state index is 14.9. The number of amides is 3. The van der Waals surface area contributed by atoms with Crippen LogP contribution in [0.4, 0.5) is 49.2 Å². The minimum absolute atomic E-state index is 0.0866. The topological polar surface area (TPSA) is 244 Å². The van der Waals surface area contributed by atoms with Crippen LogP contribution in [0.2, 0.25) is 15.5 Å². The molecular formula is C52H46Cl3FN16O3S5. The molecule has 5 aromatic heterocycles. The van der Waals surface area contributed by atoms with Crippen molar-refractivity contribution in [2.75, 3.05) is 44.6 Å². The highest BCUT2D eigenvalue weighted by Gasteiger charge is 2.54. The lowest BCUT2D eigenvalue weighted by atomic mass is 9.91. The molecule has 4 aliphatic carbocycles. The summed E-state index contributed by atoms with van der Waals surface area (Å²) in [5, 5.41) is 18.7. The molecule has 5 fully saturated rings. The minimum atomic E-state index is -1.09. The Balaban J connectivity index is 0.000000130. The van der Waals surface area contributed by atoms with Crippen molar-refractivity contribution in [1.82, 2.24) is 48.6 Å². The van der Waals surface area contributed by atoms with E-state index < -0.39 is 5.67 Å². The highest BCUT2D eigenvalue weighted by molar-refractivity contribution is 7.99. The number of nitrogens with zero attached hydrogens (tertiary/aromatic N) is 11. The van der Waals surface area contributed by atoms with Crippen LogP contribution >= 0.6 is 93.2 Å². The summed E-state index contributed by atoms with van der Waals surface area (Å²) in [6, 6.07) is 27.6. The SMILES string of the molecule is O=C(Nc1ccc(Sc2nc(Cl)cc(Cl)n2)cc1)C1CC1.O=C(Nc1ccc(Sc2nc(Cl)cc(Nc3ncns3)n2)cc1)C1CC1.O=C(Nc1ccc(Sc2nc(Nc3ncns3)cc(N3CC(F)(C4CC4)C3)n2)cc1)C1CC1. The first-order chi connectivity index (χ1) is 38.8. The van der Waals surface area contributed by atoms with Crippen molar-refractivity contribution in [2.24, 2.45) is 23.7 Å². The Morgan fingerprint density at radius 3 is 1.26 bits per heavy atom. The number of benzene rings is 3. The van der Waals surface area contributed by atoms with Crippen LogP contribution in [0.15, 0.2) is 134 Å². The zero-order valence-corrected chi connectivity index (χ0v) is 48.2. The Kier molecular flexibility index (Phi) is 17.5. The molecular weight excluding hydrogens is 1180 g/mol. The Morgan fingerprint density at radius 2 is 0.887 bits per heavy atom. The Labute approximate surface area is 494 Å². The van der Waals surface area contributed by atoms with Crippen LogP contribution in [0.1, 0.15) is 51.4 Å². The third kappa shape index (κ3) is 16.0.